The number of benzene rings is 1. The highest BCUT2D eigenvalue weighted by Crippen LogP contribution is 2.23. The topological polar surface area (TPSA) is 16.7 Å². The van der Waals surface area contributed by atoms with E-state index in [-0.39, 0.29) is 0 Å². The summed E-state index contributed by atoms with van der Waals surface area (Å²) in [5.41, 5.74) is 2.11. The van der Waals surface area contributed by atoms with Crippen molar-refractivity contribution in [3.05, 3.63) is 45.2 Å². The molecule has 0 aliphatic carbocycles. The predicted octanol–water partition coefficient (Wildman–Crippen LogP) is 2.63. The van der Waals surface area contributed by atoms with Crippen molar-refractivity contribution in [3.63, 3.8) is 0 Å². The fraction of sp³-hybridized carbons (Fsp3) is 0.111. The van der Waals surface area contributed by atoms with Gasteiger partial charge in [-0.25, -0.2) is 0 Å². The SMILES string of the molecule is [C-]#[N+]C1=NCc2cc(Br)ccc21. The van der Waals surface area contributed by atoms with E-state index in [0.29, 0.717) is 12.4 Å². The summed E-state index contributed by atoms with van der Waals surface area (Å²) in [5, 5.41) is 0. The molecule has 58 valence electrons. The van der Waals surface area contributed by atoms with Crippen LogP contribution >= 0.6 is 15.9 Å². The number of hydrogen-bond donors (Lipinski definition) is 0. The van der Waals surface area contributed by atoms with Crippen LogP contribution in [0.15, 0.2) is 27.7 Å². The zero-order valence-corrected chi connectivity index (χ0v) is 7.80. The second kappa shape index (κ2) is 2.72. The van der Waals surface area contributed by atoms with Crippen LogP contribution in [0, 0.1) is 6.57 Å². The lowest BCUT2D eigenvalue weighted by Crippen LogP contribution is -1.90. The highest BCUT2D eigenvalue weighted by molar-refractivity contribution is 9.10. The van der Waals surface area contributed by atoms with E-state index in [0.717, 1.165) is 15.6 Å². The zero-order valence-electron chi connectivity index (χ0n) is 6.21. The van der Waals surface area contributed by atoms with E-state index >= 15 is 0 Å². The fourth-order valence-corrected chi connectivity index (χ4v) is 1.66. The van der Waals surface area contributed by atoms with Crippen LogP contribution in [0.3, 0.4) is 0 Å². The van der Waals surface area contributed by atoms with Crippen LogP contribution in [-0.4, -0.2) is 5.84 Å². The minimum Gasteiger partial charge on any atom is -0.360 e. The van der Waals surface area contributed by atoms with E-state index in [1.54, 1.807) is 0 Å². The molecule has 0 saturated carbocycles. The Morgan fingerprint density at radius 1 is 1.50 bits per heavy atom. The summed E-state index contributed by atoms with van der Waals surface area (Å²) in [6, 6.07) is 5.88. The molecule has 1 aromatic rings. The van der Waals surface area contributed by atoms with Crippen LogP contribution in [0.25, 0.3) is 4.85 Å². The largest absolute Gasteiger partial charge is 0.360 e. The van der Waals surface area contributed by atoms with Gasteiger partial charge in [-0.15, -0.1) is 0 Å². The first-order valence-electron chi connectivity index (χ1n) is 3.52. The minimum atomic E-state index is 0.539. The first-order chi connectivity index (χ1) is 5.81. The van der Waals surface area contributed by atoms with Gasteiger partial charge in [-0.05, 0) is 17.7 Å². The van der Waals surface area contributed by atoms with E-state index < -0.39 is 0 Å². The summed E-state index contributed by atoms with van der Waals surface area (Å²) in [5.74, 6) is 0.539. The highest BCUT2D eigenvalue weighted by Gasteiger charge is 2.16. The molecule has 0 N–H and O–H groups in total. The zero-order chi connectivity index (χ0) is 8.55. The molecular weight excluding hydrogens is 216 g/mol. The molecule has 0 aromatic heterocycles. The second-order valence-electron chi connectivity index (χ2n) is 2.55. The van der Waals surface area contributed by atoms with Crippen molar-refractivity contribution in [1.82, 2.24) is 0 Å². The molecule has 3 heteroatoms. The molecule has 2 nitrogen and oxygen atoms in total. The van der Waals surface area contributed by atoms with Crippen LogP contribution in [0.2, 0.25) is 0 Å². The molecule has 0 unspecified atom stereocenters. The average molecular weight is 221 g/mol. The summed E-state index contributed by atoms with van der Waals surface area (Å²) < 4.78 is 1.04. The number of amidine groups is 1. The van der Waals surface area contributed by atoms with Gasteiger partial charge >= 0.3 is 0 Å². The Balaban J connectivity index is 2.56. The number of fused-ring (bicyclic) bond motifs is 1. The lowest BCUT2D eigenvalue weighted by molar-refractivity contribution is 1.11. The third-order valence-corrected chi connectivity index (χ3v) is 2.31. The lowest BCUT2D eigenvalue weighted by Gasteiger charge is -1.97. The summed E-state index contributed by atoms with van der Waals surface area (Å²) in [7, 11) is 0. The van der Waals surface area contributed by atoms with Crippen LogP contribution in [0.5, 0.6) is 0 Å². The second-order valence-corrected chi connectivity index (χ2v) is 3.47. The number of hydrogen-bond acceptors (Lipinski definition) is 1. The number of nitrogens with zero attached hydrogens (tertiary/aromatic N) is 2. The average Bonchev–Trinajstić information content (AvgIpc) is 2.46. The molecule has 1 aromatic carbocycles. The van der Waals surface area contributed by atoms with Gasteiger partial charge in [0.15, 0.2) is 0 Å². The van der Waals surface area contributed by atoms with Gasteiger partial charge in [-0.1, -0.05) is 28.6 Å². The minimum absolute atomic E-state index is 0.539. The molecule has 1 heterocycles. The summed E-state index contributed by atoms with van der Waals surface area (Å²) in [4.78, 5) is 7.45. The Kier molecular flexibility index (Phi) is 1.70. The van der Waals surface area contributed by atoms with Gasteiger partial charge in [0.05, 0.1) is 0 Å². The van der Waals surface area contributed by atoms with Gasteiger partial charge < -0.3 is 4.85 Å². The van der Waals surface area contributed by atoms with Crippen molar-refractivity contribution in [2.24, 2.45) is 4.99 Å². The quantitative estimate of drug-likeness (QED) is 0.599. The molecule has 0 fully saturated rings. The Labute approximate surface area is 78.9 Å². The van der Waals surface area contributed by atoms with Gasteiger partial charge in [0.2, 0.25) is 0 Å². The molecular formula is C9H5BrN2. The number of halogens is 1. The molecule has 0 bridgehead atoms. The van der Waals surface area contributed by atoms with E-state index in [1.807, 2.05) is 18.2 Å². The first-order valence-corrected chi connectivity index (χ1v) is 4.31. The summed E-state index contributed by atoms with van der Waals surface area (Å²) >= 11 is 3.38. The summed E-state index contributed by atoms with van der Waals surface area (Å²) in [6.07, 6.45) is 0. The predicted molar refractivity (Wildman–Crippen MR) is 51.0 cm³/mol. The molecule has 0 atom stereocenters. The van der Waals surface area contributed by atoms with Gasteiger partial charge in [-0.3, -0.25) is 0 Å². The molecule has 2 rings (SSSR count). The van der Waals surface area contributed by atoms with E-state index in [9.17, 15) is 0 Å². The monoisotopic (exact) mass is 220 g/mol. The van der Waals surface area contributed by atoms with E-state index in [4.69, 9.17) is 6.57 Å². The maximum Gasteiger partial charge on any atom is 0.272 e. The van der Waals surface area contributed by atoms with E-state index in [1.165, 1.54) is 0 Å². The molecule has 0 amide bonds. The van der Waals surface area contributed by atoms with Crippen LogP contribution < -0.4 is 0 Å². The van der Waals surface area contributed by atoms with Crippen LogP contribution in [0.1, 0.15) is 11.1 Å². The first kappa shape index (κ1) is 7.51. The Bertz CT molecular complexity index is 401. The smallest absolute Gasteiger partial charge is 0.272 e. The Morgan fingerprint density at radius 3 is 3.08 bits per heavy atom. The number of rotatable bonds is 0. The van der Waals surface area contributed by atoms with E-state index in [2.05, 4.69) is 25.8 Å². The summed E-state index contributed by atoms with van der Waals surface area (Å²) in [6.45, 7) is 7.51. The lowest BCUT2D eigenvalue weighted by atomic mass is 10.1. The normalized spacial score (nSPS) is 13.5. The van der Waals surface area contributed by atoms with Gasteiger partial charge in [0.1, 0.15) is 6.54 Å². The van der Waals surface area contributed by atoms with Crippen molar-refractivity contribution in [2.45, 2.75) is 6.54 Å². The third-order valence-electron chi connectivity index (χ3n) is 1.81. The van der Waals surface area contributed by atoms with Crippen LogP contribution in [-0.2, 0) is 6.54 Å². The highest BCUT2D eigenvalue weighted by atomic mass is 79.9. The van der Waals surface area contributed by atoms with Crippen molar-refractivity contribution in [2.75, 3.05) is 0 Å². The van der Waals surface area contributed by atoms with Gasteiger partial charge in [0.25, 0.3) is 5.84 Å². The molecule has 0 spiro atoms. The standard InChI is InChI=1S/C9H5BrN2/c1-11-9-8-3-2-7(10)4-6(8)5-12-9/h2-4H,5H2. The Morgan fingerprint density at radius 2 is 2.33 bits per heavy atom. The third kappa shape index (κ3) is 1.05. The van der Waals surface area contributed by atoms with Gasteiger partial charge in [-0.2, -0.15) is 4.99 Å². The van der Waals surface area contributed by atoms with Crippen molar-refractivity contribution in [1.29, 1.82) is 0 Å². The molecule has 1 aliphatic heterocycles. The van der Waals surface area contributed by atoms with Crippen molar-refractivity contribution < 1.29 is 0 Å². The fourth-order valence-electron chi connectivity index (χ4n) is 1.25. The maximum atomic E-state index is 6.87. The molecule has 12 heavy (non-hydrogen) atoms. The van der Waals surface area contributed by atoms with Gasteiger partial charge in [0, 0.05) is 10.0 Å². The van der Waals surface area contributed by atoms with Crippen LogP contribution in [0.4, 0.5) is 0 Å². The maximum absolute atomic E-state index is 6.87. The van der Waals surface area contributed by atoms with Crippen molar-refractivity contribution >= 4 is 21.8 Å². The van der Waals surface area contributed by atoms with Crippen molar-refractivity contribution in [3.8, 4) is 0 Å². The molecule has 1 aliphatic rings. The molecule has 0 radical (unpaired) electrons. The Hall–Kier alpha value is -1.14. The molecule has 0 saturated heterocycles. The number of aliphatic imine (C=N–C) groups is 1.